The molecule has 0 radical (unpaired) electrons. The summed E-state index contributed by atoms with van der Waals surface area (Å²) >= 11 is 5.95. The third-order valence-corrected chi connectivity index (χ3v) is 6.00. The van der Waals surface area contributed by atoms with E-state index in [1.54, 1.807) is 12.1 Å². The lowest BCUT2D eigenvalue weighted by Crippen LogP contribution is -2.25. The largest absolute Gasteiger partial charge is 0.494 e. The van der Waals surface area contributed by atoms with E-state index >= 15 is 0 Å². The minimum absolute atomic E-state index is 0.0752. The molecule has 0 aromatic heterocycles. The van der Waals surface area contributed by atoms with E-state index in [-0.39, 0.29) is 18.9 Å². The summed E-state index contributed by atoms with van der Waals surface area (Å²) in [5, 5.41) is 12.0. The van der Waals surface area contributed by atoms with Crippen LogP contribution in [0.5, 0.6) is 5.75 Å². The van der Waals surface area contributed by atoms with Gasteiger partial charge in [0.15, 0.2) is 0 Å². The summed E-state index contributed by atoms with van der Waals surface area (Å²) < 4.78 is 5.88. The molecule has 184 valence electrons. The van der Waals surface area contributed by atoms with E-state index in [4.69, 9.17) is 21.4 Å². The summed E-state index contributed by atoms with van der Waals surface area (Å²) in [4.78, 5) is 22.5. The monoisotopic (exact) mass is 493 g/mol. The number of nitrogens with one attached hydrogen (secondary N) is 1. The van der Waals surface area contributed by atoms with Crippen LogP contribution in [0.2, 0.25) is 5.02 Å². The molecule has 0 fully saturated rings. The highest BCUT2D eigenvalue weighted by atomic mass is 35.5. The predicted octanol–water partition coefficient (Wildman–Crippen LogP) is 6.78. The van der Waals surface area contributed by atoms with E-state index in [1.165, 1.54) is 12.0 Å². The van der Waals surface area contributed by atoms with Gasteiger partial charge in [-0.05, 0) is 72.4 Å². The minimum atomic E-state index is -0.923. The lowest BCUT2D eigenvalue weighted by Gasteiger charge is -2.08. The molecule has 2 N–H and O–H groups in total. The second-order valence-corrected chi connectivity index (χ2v) is 8.93. The summed E-state index contributed by atoms with van der Waals surface area (Å²) in [5.74, 6) is -0.270. The van der Waals surface area contributed by atoms with Crippen LogP contribution < -0.4 is 10.1 Å². The molecule has 3 aromatic carbocycles. The van der Waals surface area contributed by atoms with E-state index in [0.717, 1.165) is 60.6 Å². The number of carbonyl (C=O) groups excluding carboxylic acids is 1. The number of carboxylic acid groups (broad SMARTS) is 1. The van der Waals surface area contributed by atoms with Gasteiger partial charge in [0.05, 0.1) is 13.0 Å². The Bertz CT molecular complexity index is 1060. The summed E-state index contributed by atoms with van der Waals surface area (Å²) in [6.07, 6.45) is 6.52. The van der Waals surface area contributed by atoms with Crippen molar-refractivity contribution in [2.24, 2.45) is 0 Å². The van der Waals surface area contributed by atoms with Gasteiger partial charge in [-0.3, -0.25) is 9.59 Å². The van der Waals surface area contributed by atoms with Gasteiger partial charge in [-0.2, -0.15) is 0 Å². The van der Waals surface area contributed by atoms with Crippen molar-refractivity contribution in [3.63, 3.8) is 0 Å². The first-order chi connectivity index (χ1) is 17.0. The van der Waals surface area contributed by atoms with E-state index in [2.05, 4.69) is 17.4 Å². The molecular formula is C29H32ClNO4. The highest BCUT2D eigenvalue weighted by molar-refractivity contribution is 6.30. The van der Waals surface area contributed by atoms with Crippen LogP contribution in [0.15, 0.2) is 72.8 Å². The standard InChI is InChI=1S/C29H32ClNO4/c30-26-15-11-23(12-16-26)24-13-17-27(18-14-24)35-21-5-3-1-2-4-6-22-7-9-25(10-8-22)29(34)31-20-19-28(32)33/h7-18H,1-6,19-21H2,(H,31,34)(H,32,33). The Kier molecular flexibility index (Phi) is 10.6. The van der Waals surface area contributed by atoms with Crippen LogP contribution in [-0.4, -0.2) is 30.1 Å². The molecule has 0 heterocycles. The molecule has 0 saturated heterocycles. The molecule has 0 saturated carbocycles. The minimum Gasteiger partial charge on any atom is -0.494 e. The molecule has 0 spiro atoms. The molecule has 0 aliphatic carbocycles. The highest BCUT2D eigenvalue weighted by Gasteiger charge is 2.06. The number of carbonyl (C=O) groups is 2. The van der Waals surface area contributed by atoms with Crippen LogP contribution in [0, 0.1) is 0 Å². The van der Waals surface area contributed by atoms with Crippen molar-refractivity contribution in [3.8, 4) is 16.9 Å². The topological polar surface area (TPSA) is 75.6 Å². The normalized spacial score (nSPS) is 10.7. The predicted molar refractivity (Wildman–Crippen MR) is 140 cm³/mol. The first-order valence-electron chi connectivity index (χ1n) is 12.1. The molecule has 0 atom stereocenters. The van der Waals surface area contributed by atoms with Crippen LogP contribution in [0.3, 0.4) is 0 Å². The van der Waals surface area contributed by atoms with Gasteiger partial charge in [0.2, 0.25) is 0 Å². The molecule has 0 aliphatic rings. The zero-order valence-electron chi connectivity index (χ0n) is 19.8. The van der Waals surface area contributed by atoms with Gasteiger partial charge >= 0.3 is 5.97 Å². The molecule has 0 bridgehead atoms. The number of halogens is 1. The maximum Gasteiger partial charge on any atom is 0.305 e. The van der Waals surface area contributed by atoms with Gasteiger partial charge in [-0.25, -0.2) is 0 Å². The average Bonchev–Trinajstić information content (AvgIpc) is 2.86. The number of carboxylic acids is 1. The Morgan fingerprint density at radius 3 is 2.03 bits per heavy atom. The maximum absolute atomic E-state index is 12.0. The first-order valence-corrected chi connectivity index (χ1v) is 12.5. The Labute approximate surface area is 212 Å². The summed E-state index contributed by atoms with van der Waals surface area (Å²) in [6, 6.07) is 23.5. The third kappa shape index (κ3) is 9.45. The second-order valence-electron chi connectivity index (χ2n) is 8.49. The zero-order chi connectivity index (χ0) is 24.9. The number of aliphatic carboxylic acids is 1. The molecule has 0 unspecified atom stereocenters. The van der Waals surface area contributed by atoms with Crippen molar-refractivity contribution < 1.29 is 19.4 Å². The Hall–Kier alpha value is -3.31. The van der Waals surface area contributed by atoms with Crippen LogP contribution >= 0.6 is 11.6 Å². The van der Waals surface area contributed by atoms with Gasteiger partial charge in [-0.15, -0.1) is 0 Å². The molecule has 3 rings (SSSR count). The molecule has 6 heteroatoms. The van der Waals surface area contributed by atoms with E-state index < -0.39 is 5.97 Å². The Morgan fingerprint density at radius 2 is 1.37 bits per heavy atom. The molecule has 35 heavy (non-hydrogen) atoms. The zero-order valence-corrected chi connectivity index (χ0v) is 20.6. The molecule has 1 amide bonds. The number of benzene rings is 3. The van der Waals surface area contributed by atoms with Gasteiger partial charge in [0, 0.05) is 17.1 Å². The van der Waals surface area contributed by atoms with Crippen LogP contribution in [-0.2, 0) is 11.2 Å². The number of amides is 1. The van der Waals surface area contributed by atoms with Crippen molar-refractivity contribution in [2.75, 3.05) is 13.2 Å². The Morgan fingerprint density at radius 1 is 0.771 bits per heavy atom. The van der Waals surface area contributed by atoms with Gasteiger partial charge < -0.3 is 15.2 Å². The number of unbranched alkanes of at least 4 members (excludes halogenated alkanes) is 4. The SMILES string of the molecule is O=C(O)CCNC(=O)c1ccc(CCCCCCCOc2ccc(-c3ccc(Cl)cc3)cc2)cc1. The van der Waals surface area contributed by atoms with Crippen molar-refractivity contribution in [2.45, 2.75) is 44.9 Å². The number of rotatable bonds is 14. The molecule has 3 aromatic rings. The van der Waals surface area contributed by atoms with Crippen LogP contribution in [0.25, 0.3) is 11.1 Å². The lowest BCUT2D eigenvalue weighted by molar-refractivity contribution is -0.136. The van der Waals surface area contributed by atoms with Crippen molar-refractivity contribution >= 4 is 23.5 Å². The average molecular weight is 494 g/mol. The number of aryl methyl sites for hydroxylation is 1. The maximum atomic E-state index is 12.0. The lowest BCUT2D eigenvalue weighted by atomic mass is 10.0. The van der Waals surface area contributed by atoms with E-state index in [1.807, 2.05) is 48.5 Å². The van der Waals surface area contributed by atoms with Gasteiger partial charge in [0.25, 0.3) is 5.91 Å². The molecule has 0 aliphatic heterocycles. The van der Waals surface area contributed by atoms with E-state index in [0.29, 0.717) is 5.56 Å². The fraction of sp³-hybridized carbons (Fsp3) is 0.310. The fourth-order valence-electron chi connectivity index (χ4n) is 3.75. The van der Waals surface area contributed by atoms with Crippen molar-refractivity contribution in [3.05, 3.63) is 88.9 Å². The van der Waals surface area contributed by atoms with Gasteiger partial charge in [-0.1, -0.05) is 67.3 Å². The number of hydrogen-bond acceptors (Lipinski definition) is 3. The smallest absolute Gasteiger partial charge is 0.305 e. The highest BCUT2D eigenvalue weighted by Crippen LogP contribution is 2.24. The van der Waals surface area contributed by atoms with Crippen molar-refractivity contribution in [1.82, 2.24) is 5.32 Å². The summed E-state index contributed by atoms with van der Waals surface area (Å²) in [5.41, 5.74) is 4.04. The van der Waals surface area contributed by atoms with Gasteiger partial charge in [0.1, 0.15) is 5.75 Å². The molecule has 5 nitrogen and oxygen atoms in total. The van der Waals surface area contributed by atoms with Crippen LogP contribution in [0.1, 0.15) is 54.4 Å². The quantitative estimate of drug-likeness (QED) is 0.242. The number of hydrogen-bond donors (Lipinski definition) is 2. The molecular weight excluding hydrogens is 462 g/mol. The second kappa shape index (κ2) is 14.2. The van der Waals surface area contributed by atoms with Crippen molar-refractivity contribution in [1.29, 1.82) is 0 Å². The summed E-state index contributed by atoms with van der Waals surface area (Å²) in [7, 11) is 0. The number of ether oxygens (including phenoxy) is 1. The Balaban J connectivity index is 1.24. The van der Waals surface area contributed by atoms with E-state index in [9.17, 15) is 9.59 Å². The van der Waals surface area contributed by atoms with Crippen LogP contribution in [0.4, 0.5) is 0 Å². The summed E-state index contributed by atoms with van der Waals surface area (Å²) in [6.45, 7) is 0.855. The fourth-order valence-corrected chi connectivity index (χ4v) is 3.87. The first kappa shape index (κ1) is 26.3. The third-order valence-electron chi connectivity index (χ3n) is 5.75.